The summed E-state index contributed by atoms with van der Waals surface area (Å²) in [6, 6.07) is 7.32. The van der Waals surface area contributed by atoms with Crippen molar-refractivity contribution in [3.8, 4) is 0 Å². The van der Waals surface area contributed by atoms with E-state index in [-0.39, 0.29) is 0 Å². The number of fused-ring (bicyclic) bond motifs is 2. The van der Waals surface area contributed by atoms with Crippen molar-refractivity contribution in [2.45, 2.75) is 64.2 Å². The van der Waals surface area contributed by atoms with Crippen molar-refractivity contribution in [2.75, 3.05) is 39.3 Å². The Hall–Kier alpha value is -2.37. The Morgan fingerprint density at radius 2 is 1.83 bits per heavy atom. The number of halogens is 1. The normalized spacial score (nSPS) is 22.7. The van der Waals surface area contributed by atoms with E-state index in [0.717, 1.165) is 76.3 Å². The minimum absolute atomic E-state index is 0.499. The number of benzene rings is 1. The van der Waals surface area contributed by atoms with Gasteiger partial charge >= 0.3 is 0 Å². The first kappa shape index (κ1) is 25.7. The van der Waals surface area contributed by atoms with Crippen LogP contribution in [0.4, 0.5) is 4.39 Å². The van der Waals surface area contributed by atoms with Crippen molar-refractivity contribution in [3.63, 3.8) is 0 Å². The maximum Gasteiger partial charge on any atom is 0.152 e. The Kier molecular flexibility index (Phi) is 8.18. The van der Waals surface area contributed by atoms with Gasteiger partial charge in [-0.05, 0) is 74.3 Å². The van der Waals surface area contributed by atoms with E-state index in [1.54, 1.807) is 6.08 Å². The molecule has 2 fully saturated rings. The molecule has 0 spiro atoms. The Balaban J connectivity index is 1.28. The predicted octanol–water partition coefficient (Wildman–Crippen LogP) is 5.11. The number of nitrogens with two attached hydrogens (primary N) is 1. The van der Waals surface area contributed by atoms with Gasteiger partial charge in [0.25, 0.3) is 0 Å². The second-order valence-electron chi connectivity index (χ2n) is 10.7. The molecule has 2 bridgehead atoms. The average Bonchev–Trinajstić information content (AvgIpc) is 2.92. The van der Waals surface area contributed by atoms with Crippen molar-refractivity contribution in [1.82, 2.24) is 14.7 Å². The van der Waals surface area contributed by atoms with E-state index in [1.807, 2.05) is 19.1 Å². The highest BCUT2D eigenvalue weighted by Gasteiger charge is 2.40. The molecule has 2 saturated heterocycles. The number of rotatable bonds is 7. The molecule has 0 aliphatic carbocycles. The number of piperidine rings is 2. The summed E-state index contributed by atoms with van der Waals surface area (Å²) < 4.78 is 16.1. The zero-order valence-corrected chi connectivity index (χ0v) is 21.7. The molecule has 0 saturated carbocycles. The molecule has 0 unspecified atom stereocenters. The molecule has 4 nitrogen and oxygen atoms in total. The maximum absolute atomic E-state index is 16.1. The molecule has 4 rings (SSSR count). The molecule has 0 amide bonds. The zero-order chi connectivity index (χ0) is 25.0. The lowest BCUT2D eigenvalue weighted by Crippen LogP contribution is -2.50. The summed E-state index contributed by atoms with van der Waals surface area (Å²) in [6.07, 6.45) is 10.0. The third-order valence-electron chi connectivity index (χ3n) is 8.28. The van der Waals surface area contributed by atoms with E-state index in [2.05, 4.69) is 53.0 Å². The maximum atomic E-state index is 16.1. The van der Waals surface area contributed by atoms with Crippen LogP contribution in [0.2, 0.25) is 0 Å². The van der Waals surface area contributed by atoms with Crippen LogP contribution in [0.1, 0.15) is 49.3 Å². The van der Waals surface area contributed by atoms with Crippen LogP contribution < -0.4 is 5.73 Å². The van der Waals surface area contributed by atoms with Gasteiger partial charge in [-0.2, -0.15) is 0 Å². The monoisotopic (exact) mass is 478 g/mol. The Morgan fingerprint density at radius 1 is 1.14 bits per heavy atom. The van der Waals surface area contributed by atoms with E-state index in [1.165, 1.54) is 16.7 Å². The molecular formula is C30H43FN4. The van der Waals surface area contributed by atoms with Gasteiger partial charge < -0.3 is 10.6 Å². The molecule has 5 heteroatoms. The van der Waals surface area contributed by atoms with Gasteiger partial charge in [-0.3, -0.25) is 9.80 Å². The lowest BCUT2D eigenvalue weighted by atomic mass is 9.88. The molecule has 0 radical (unpaired) electrons. The number of hydrogen-bond acceptors (Lipinski definition) is 4. The minimum Gasteiger partial charge on any atom is -0.402 e. The summed E-state index contributed by atoms with van der Waals surface area (Å²) in [5, 5.41) is 0. The van der Waals surface area contributed by atoms with Gasteiger partial charge in [0, 0.05) is 63.2 Å². The second-order valence-corrected chi connectivity index (χ2v) is 10.7. The van der Waals surface area contributed by atoms with Gasteiger partial charge in [0.1, 0.15) is 0 Å². The quantitative estimate of drug-likeness (QED) is 0.553. The smallest absolute Gasteiger partial charge is 0.152 e. The Bertz CT molecular complexity index is 974. The Morgan fingerprint density at radius 3 is 2.49 bits per heavy atom. The average molecular weight is 479 g/mol. The van der Waals surface area contributed by atoms with Crippen molar-refractivity contribution in [3.05, 3.63) is 83.2 Å². The molecule has 1 aromatic rings. The van der Waals surface area contributed by atoms with Gasteiger partial charge in [-0.25, -0.2) is 4.39 Å². The molecule has 0 atom stereocenters. The molecule has 2 N–H and O–H groups in total. The molecule has 3 aliphatic heterocycles. The van der Waals surface area contributed by atoms with Crippen LogP contribution in [0.5, 0.6) is 0 Å². The highest BCUT2D eigenvalue weighted by Crippen LogP contribution is 2.37. The number of nitrogens with zero attached hydrogens (tertiary/aromatic N) is 3. The van der Waals surface area contributed by atoms with Crippen LogP contribution >= 0.6 is 0 Å². The van der Waals surface area contributed by atoms with Crippen LogP contribution in [0.25, 0.3) is 0 Å². The van der Waals surface area contributed by atoms with Crippen molar-refractivity contribution >= 4 is 0 Å². The third kappa shape index (κ3) is 6.07. The van der Waals surface area contributed by atoms with E-state index in [4.69, 9.17) is 5.73 Å². The number of allylic oxidation sites excluding steroid dienone is 4. The number of hydrogen-bond donors (Lipinski definition) is 1. The summed E-state index contributed by atoms with van der Waals surface area (Å²) in [6.45, 7) is 18.4. The first-order valence-corrected chi connectivity index (χ1v) is 13.2. The molecular weight excluding hydrogens is 435 g/mol. The second kappa shape index (κ2) is 11.1. The highest BCUT2D eigenvalue weighted by atomic mass is 19.1. The van der Waals surface area contributed by atoms with Gasteiger partial charge in [-0.1, -0.05) is 43.5 Å². The van der Waals surface area contributed by atoms with E-state index >= 15 is 4.39 Å². The molecule has 190 valence electrons. The summed E-state index contributed by atoms with van der Waals surface area (Å²) in [4.78, 5) is 7.20. The molecule has 0 aromatic heterocycles. The van der Waals surface area contributed by atoms with Crippen LogP contribution in [0.3, 0.4) is 0 Å². The standard InChI is InChI=1S/C30H43FN4/c1-5-7-26(20-23(2)32)21-33-18-13-30(31,14-19-33)25(4)34-16-11-29(12-17-34)35-15-10-27-8-6-9-28(22-35)24(27)3/h5-9,20,29H,1,4,10-19,21-22,32H2,2-3H3/b23-20+,26-7+. The van der Waals surface area contributed by atoms with Gasteiger partial charge in [0.15, 0.2) is 5.67 Å². The molecule has 3 aliphatic rings. The van der Waals surface area contributed by atoms with Crippen LogP contribution in [0.15, 0.2) is 66.6 Å². The largest absolute Gasteiger partial charge is 0.402 e. The summed E-state index contributed by atoms with van der Waals surface area (Å²) >= 11 is 0. The van der Waals surface area contributed by atoms with Gasteiger partial charge in [-0.15, -0.1) is 0 Å². The first-order valence-electron chi connectivity index (χ1n) is 13.2. The van der Waals surface area contributed by atoms with Gasteiger partial charge in [0.2, 0.25) is 0 Å². The van der Waals surface area contributed by atoms with E-state index in [0.29, 0.717) is 24.6 Å². The first-order chi connectivity index (χ1) is 16.8. The highest BCUT2D eigenvalue weighted by molar-refractivity contribution is 5.35. The summed E-state index contributed by atoms with van der Waals surface area (Å²) in [5.74, 6) is 0. The summed E-state index contributed by atoms with van der Waals surface area (Å²) in [5.41, 5.74) is 11.6. The fourth-order valence-electron chi connectivity index (χ4n) is 6.04. The minimum atomic E-state index is -1.30. The molecule has 35 heavy (non-hydrogen) atoms. The third-order valence-corrected chi connectivity index (χ3v) is 8.28. The van der Waals surface area contributed by atoms with Gasteiger partial charge in [0.05, 0.1) is 0 Å². The lowest BCUT2D eigenvalue weighted by Gasteiger charge is -2.45. The molecule has 1 aromatic carbocycles. The summed E-state index contributed by atoms with van der Waals surface area (Å²) in [7, 11) is 0. The topological polar surface area (TPSA) is 35.7 Å². The SMILES string of the molecule is C=C/C=C(\C=C(/C)N)CN1CCC(F)(C(=C)N2CCC(N3CCc4cccc(c4C)C3)CC2)CC1. The van der Waals surface area contributed by atoms with Crippen LogP contribution in [-0.4, -0.2) is 65.7 Å². The molecule has 3 heterocycles. The fourth-order valence-corrected chi connectivity index (χ4v) is 6.04. The number of likely N-dealkylation sites (tertiary alicyclic amines) is 2. The fraction of sp³-hybridized carbons (Fsp3) is 0.533. The van der Waals surface area contributed by atoms with Crippen molar-refractivity contribution in [2.24, 2.45) is 5.73 Å². The van der Waals surface area contributed by atoms with Crippen molar-refractivity contribution in [1.29, 1.82) is 0 Å². The Labute approximate surface area is 211 Å². The van der Waals surface area contributed by atoms with E-state index < -0.39 is 5.67 Å². The van der Waals surface area contributed by atoms with Crippen LogP contribution in [0, 0.1) is 6.92 Å². The number of alkyl halides is 1. The predicted molar refractivity (Wildman–Crippen MR) is 145 cm³/mol. The van der Waals surface area contributed by atoms with Crippen molar-refractivity contribution < 1.29 is 4.39 Å². The van der Waals surface area contributed by atoms with Crippen LogP contribution in [-0.2, 0) is 13.0 Å². The van der Waals surface area contributed by atoms with E-state index in [9.17, 15) is 0 Å². The lowest BCUT2D eigenvalue weighted by molar-refractivity contribution is 0.0497. The zero-order valence-electron chi connectivity index (χ0n) is 21.7.